The molecule has 0 saturated carbocycles. The molecule has 0 aliphatic rings. The van der Waals surface area contributed by atoms with Crippen LogP contribution in [0.1, 0.15) is 26.2 Å². The fourth-order valence-corrected chi connectivity index (χ4v) is 1.52. The van der Waals surface area contributed by atoms with E-state index >= 15 is 0 Å². The number of aliphatic hydroxyl groups excluding tert-OH is 1. The summed E-state index contributed by atoms with van der Waals surface area (Å²) in [4.78, 5) is 22.2. The number of likely N-dealkylation sites (N-methyl/N-ethyl adjacent to an activating group) is 1. The van der Waals surface area contributed by atoms with E-state index < -0.39 is 24.1 Å². The van der Waals surface area contributed by atoms with E-state index in [0.717, 1.165) is 0 Å². The molecule has 18 heavy (non-hydrogen) atoms. The zero-order valence-electron chi connectivity index (χ0n) is 11.5. The average Bonchev–Trinajstić information content (AvgIpc) is 2.12. The monoisotopic (exact) mass is 262 g/mol. The maximum Gasteiger partial charge on any atom is 0.308 e. The van der Waals surface area contributed by atoms with Crippen LogP contribution in [0, 0.1) is 0 Å². The van der Waals surface area contributed by atoms with E-state index in [9.17, 15) is 14.7 Å². The average molecular weight is 262 g/mol. The summed E-state index contributed by atoms with van der Waals surface area (Å²) < 4.78 is 5.62. The Hall–Kier alpha value is -1.14. The summed E-state index contributed by atoms with van der Waals surface area (Å²) in [6.07, 6.45) is -1.24. The van der Waals surface area contributed by atoms with Gasteiger partial charge in [-0.1, -0.05) is 6.92 Å². The van der Waals surface area contributed by atoms with Gasteiger partial charge in [0.15, 0.2) is 6.10 Å². The van der Waals surface area contributed by atoms with Gasteiger partial charge in [0, 0.05) is 0 Å². The summed E-state index contributed by atoms with van der Waals surface area (Å²) in [6.45, 7) is 2.18. The van der Waals surface area contributed by atoms with Gasteiger partial charge in [-0.05, 0) is 6.42 Å². The van der Waals surface area contributed by atoms with Crippen LogP contribution in [0.5, 0.6) is 0 Å². The van der Waals surface area contributed by atoms with E-state index in [4.69, 9.17) is 9.84 Å². The van der Waals surface area contributed by atoms with Crippen LogP contribution in [-0.4, -0.2) is 66.5 Å². The highest BCUT2D eigenvalue weighted by molar-refractivity contribution is 5.71. The van der Waals surface area contributed by atoms with E-state index in [-0.39, 0.29) is 12.8 Å². The van der Waals surface area contributed by atoms with E-state index in [1.165, 1.54) is 0 Å². The summed E-state index contributed by atoms with van der Waals surface area (Å²) in [6, 6.07) is 0. The van der Waals surface area contributed by atoms with Gasteiger partial charge < -0.3 is 19.4 Å². The number of aliphatic carboxylic acids is 1. The predicted octanol–water partition coefficient (Wildman–Crippen LogP) is 0.240. The molecule has 0 rings (SSSR count). The minimum Gasteiger partial charge on any atom is -0.481 e. The zero-order valence-corrected chi connectivity index (χ0v) is 11.5. The van der Waals surface area contributed by atoms with Crippen molar-refractivity contribution >= 4 is 11.9 Å². The van der Waals surface area contributed by atoms with Gasteiger partial charge in [0.05, 0.1) is 40.1 Å². The summed E-state index contributed by atoms with van der Waals surface area (Å²) >= 11 is 0. The third kappa shape index (κ3) is 8.95. The molecule has 6 heteroatoms. The van der Waals surface area contributed by atoms with Crippen LogP contribution < -0.4 is 0 Å². The molecule has 0 spiro atoms. The minimum absolute atomic E-state index is 0.0935. The van der Waals surface area contributed by atoms with E-state index in [1.54, 1.807) is 6.92 Å². The van der Waals surface area contributed by atoms with Crippen LogP contribution in [0.2, 0.25) is 0 Å². The second-order valence-corrected chi connectivity index (χ2v) is 5.45. The SMILES string of the molecule is CCC(O)CC(=O)OC(CC(=O)O)C[N+](C)(C)C. The number of carbonyl (C=O) groups is 2. The maximum absolute atomic E-state index is 11.5. The Bertz CT molecular complexity index is 285. The number of ether oxygens (including phenoxy) is 1. The van der Waals surface area contributed by atoms with Gasteiger partial charge in [0.25, 0.3) is 0 Å². The number of quaternary nitrogens is 1. The third-order valence-electron chi connectivity index (χ3n) is 2.33. The minimum atomic E-state index is -1.00. The van der Waals surface area contributed by atoms with Crippen LogP contribution >= 0.6 is 0 Å². The lowest BCUT2D eigenvalue weighted by atomic mass is 10.2. The first-order valence-electron chi connectivity index (χ1n) is 6.03. The van der Waals surface area contributed by atoms with Crippen molar-refractivity contribution in [1.29, 1.82) is 0 Å². The standard InChI is InChI=1S/C12H23NO5/c1-5-9(14)6-12(17)18-10(7-11(15)16)8-13(2,3)4/h9-10,14H,5-8H2,1-4H3/p+1. The molecule has 0 saturated heterocycles. The Morgan fingerprint density at radius 1 is 1.22 bits per heavy atom. The maximum atomic E-state index is 11.5. The molecule has 106 valence electrons. The molecule has 0 amide bonds. The van der Waals surface area contributed by atoms with Gasteiger partial charge in [0.1, 0.15) is 6.54 Å². The summed E-state index contributed by atoms with van der Waals surface area (Å²) in [5.41, 5.74) is 0. The number of aliphatic hydroxyl groups is 1. The number of hydrogen-bond acceptors (Lipinski definition) is 4. The molecule has 2 N–H and O–H groups in total. The molecule has 6 nitrogen and oxygen atoms in total. The summed E-state index contributed by atoms with van der Waals surface area (Å²) in [7, 11) is 5.68. The van der Waals surface area contributed by atoms with Gasteiger partial charge in [-0.15, -0.1) is 0 Å². The molecule has 0 aromatic rings. The third-order valence-corrected chi connectivity index (χ3v) is 2.33. The van der Waals surface area contributed by atoms with Gasteiger partial charge in [-0.2, -0.15) is 0 Å². The number of rotatable bonds is 8. The Morgan fingerprint density at radius 2 is 1.78 bits per heavy atom. The molecule has 2 unspecified atom stereocenters. The molecule has 0 heterocycles. The van der Waals surface area contributed by atoms with Crippen molar-refractivity contribution in [3.8, 4) is 0 Å². The molecule has 0 fully saturated rings. The molecule has 0 aromatic heterocycles. The van der Waals surface area contributed by atoms with Crippen LogP contribution in [0.15, 0.2) is 0 Å². The lowest BCUT2D eigenvalue weighted by molar-refractivity contribution is -0.873. The van der Waals surface area contributed by atoms with Gasteiger partial charge in [0.2, 0.25) is 0 Å². The van der Waals surface area contributed by atoms with Crippen molar-refractivity contribution in [1.82, 2.24) is 0 Å². The van der Waals surface area contributed by atoms with Crippen molar-refractivity contribution in [3.63, 3.8) is 0 Å². The fraction of sp³-hybridized carbons (Fsp3) is 0.833. The number of carboxylic acid groups (broad SMARTS) is 1. The van der Waals surface area contributed by atoms with Crippen molar-refractivity contribution in [2.75, 3.05) is 27.7 Å². The summed E-state index contributed by atoms with van der Waals surface area (Å²) in [5.74, 6) is -1.55. The van der Waals surface area contributed by atoms with Crippen molar-refractivity contribution < 1.29 is 29.0 Å². The Kier molecular flexibility index (Phi) is 6.86. The number of hydrogen-bond donors (Lipinski definition) is 2. The molecular formula is C12H24NO5+. The highest BCUT2D eigenvalue weighted by Gasteiger charge is 2.25. The number of esters is 1. The van der Waals surface area contributed by atoms with Crippen LogP contribution in [0.25, 0.3) is 0 Å². The second kappa shape index (κ2) is 7.33. The Labute approximate surface area is 108 Å². The van der Waals surface area contributed by atoms with Gasteiger partial charge in [-0.3, -0.25) is 9.59 Å². The van der Waals surface area contributed by atoms with E-state index in [0.29, 0.717) is 17.4 Å². The predicted molar refractivity (Wildman–Crippen MR) is 65.9 cm³/mol. The number of carbonyl (C=O) groups excluding carboxylic acids is 1. The molecule has 0 aliphatic heterocycles. The molecule has 0 bridgehead atoms. The first-order chi connectivity index (χ1) is 8.14. The second-order valence-electron chi connectivity index (χ2n) is 5.45. The largest absolute Gasteiger partial charge is 0.481 e. The van der Waals surface area contributed by atoms with E-state index in [1.807, 2.05) is 21.1 Å². The quantitative estimate of drug-likeness (QED) is 0.483. The highest BCUT2D eigenvalue weighted by Crippen LogP contribution is 2.08. The van der Waals surface area contributed by atoms with Gasteiger partial charge in [-0.25, -0.2) is 0 Å². The van der Waals surface area contributed by atoms with Crippen molar-refractivity contribution in [2.24, 2.45) is 0 Å². The summed E-state index contributed by atoms with van der Waals surface area (Å²) in [5, 5.41) is 18.1. The van der Waals surface area contributed by atoms with Crippen LogP contribution in [-0.2, 0) is 14.3 Å². The molecule has 0 radical (unpaired) electrons. The van der Waals surface area contributed by atoms with E-state index in [2.05, 4.69) is 0 Å². The lowest BCUT2D eigenvalue weighted by Crippen LogP contribution is -2.44. The Morgan fingerprint density at radius 3 is 2.17 bits per heavy atom. The molecular weight excluding hydrogens is 238 g/mol. The highest BCUT2D eigenvalue weighted by atomic mass is 16.5. The number of nitrogens with zero attached hydrogens (tertiary/aromatic N) is 1. The number of carboxylic acids is 1. The zero-order chi connectivity index (χ0) is 14.3. The Balaban J connectivity index is 4.40. The first-order valence-corrected chi connectivity index (χ1v) is 6.03. The van der Waals surface area contributed by atoms with Crippen LogP contribution in [0.3, 0.4) is 0 Å². The fourth-order valence-electron chi connectivity index (χ4n) is 1.52. The first kappa shape index (κ1) is 16.9. The van der Waals surface area contributed by atoms with Gasteiger partial charge >= 0.3 is 11.9 Å². The molecule has 0 aliphatic carbocycles. The smallest absolute Gasteiger partial charge is 0.308 e. The van der Waals surface area contributed by atoms with Crippen LogP contribution in [0.4, 0.5) is 0 Å². The lowest BCUT2D eigenvalue weighted by Gasteiger charge is -2.28. The molecule has 0 aromatic carbocycles. The van der Waals surface area contributed by atoms with Crippen molar-refractivity contribution in [2.45, 2.75) is 38.4 Å². The molecule has 2 atom stereocenters. The topological polar surface area (TPSA) is 83.8 Å². The van der Waals surface area contributed by atoms with Crippen molar-refractivity contribution in [3.05, 3.63) is 0 Å². The normalized spacial score (nSPS) is 14.9.